The molecule has 0 atom stereocenters. The number of aromatic nitrogens is 1. The maximum absolute atomic E-state index is 13.5. The van der Waals surface area contributed by atoms with Crippen LogP contribution in [-0.4, -0.2) is 10.9 Å². The lowest BCUT2D eigenvalue weighted by Crippen LogP contribution is -2.23. The molecule has 2 aromatic rings. The first kappa shape index (κ1) is 15.6. The molecule has 21 heavy (non-hydrogen) atoms. The highest BCUT2D eigenvalue weighted by Crippen LogP contribution is 2.20. The van der Waals surface area contributed by atoms with Crippen molar-refractivity contribution in [2.24, 2.45) is 5.92 Å². The van der Waals surface area contributed by atoms with Crippen LogP contribution in [-0.2, 0) is 13.0 Å². The number of rotatable bonds is 5. The summed E-state index contributed by atoms with van der Waals surface area (Å²) in [7, 11) is 0. The lowest BCUT2D eigenvalue weighted by molar-refractivity contribution is 0.0954. The van der Waals surface area contributed by atoms with Crippen molar-refractivity contribution >= 4 is 17.2 Å². The fourth-order valence-corrected chi connectivity index (χ4v) is 3.19. The first-order chi connectivity index (χ1) is 9.97. The molecule has 1 heterocycles. The van der Waals surface area contributed by atoms with Crippen molar-refractivity contribution in [3.63, 3.8) is 0 Å². The molecular weight excluding hydrogens is 287 g/mol. The molecular formula is C16H19FN2OS. The van der Waals surface area contributed by atoms with E-state index in [0.717, 1.165) is 17.1 Å². The normalized spacial score (nSPS) is 10.9. The van der Waals surface area contributed by atoms with E-state index in [2.05, 4.69) is 24.1 Å². The summed E-state index contributed by atoms with van der Waals surface area (Å²) < 4.78 is 13.5. The Morgan fingerprint density at radius 2 is 2.10 bits per heavy atom. The van der Waals surface area contributed by atoms with Gasteiger partial charge in [0.15, 0.2) is 0 Å². The number of halogens is 1. The van der Waals surface area contributed by atoms with Gasteiger partial charge in [0.05, 0.1) is 10.7 Å². The molecule has 0 fully saturated rings. The molecule has 1 aromatic carbocycles. The van der Waals surface area contributed by atoms with Crippen LogP contribution >= 0.6 is 11.3 Å². The minimum Gasteiger partial charge on any atom is -0.347 e. The molecule has 5 heteroatoms. The number of hydrogen-bond donors (Lipinski definition) is 1. The SMILES string of the molecule is Cc1nc(CC(C)C)sc1C(=O)NCc1ccccc1F. The molecule has 1 aromatic heterocycles. The minimum atomic E-state index is -0.306. The number of thiazole rings is 1. The quantitative estimate of drug-likeness (QED) is 0.915. The molecule has 0 unspecified atom stereocenters. The summed E-state index contributed by atoms with van der Waals surface area (Å²) in [5.74, 6) is 0.00691. The fraction of sp³-hybridized carbons (Fsp3) is 0.375. The van der Waals surface area contributed by atoms with Crippen LogP contribution in [0.25, 0.3) is 0 Å². The second-order valence-electron chi connectivity index (χ2n) is 5.39. The van der Waals surface area contributed by atoms with E-state index in [-0.39, 0.29) is 18.3 Å². The Morgan fingerprint density at radius 1 is 1.38 bits per heavy atom. The number of nitrogens with zero attached hydrogens (tertiary/aromatic N) is 1. The largest absolute Gasteiger partial charge is 0.347 e. The topological polar surface area (TPSA) is 42.0 Å². The van der Waals surface area contributed by atoms with Gasteiger partial charge >= 0.3 is 0 Å². The molecule has 0 aliphatic rings. The Balaban J connectivity index is 2.04. The van der Waals surface area contributed by atoms with Crippen LogP contribution in [0, 0.1) is 18.7 Å². The van der Waals surface area contributed by atoms with E-state index in [1.807, 2.05) is 6.92 Å². The van der Waals surface area contributed by atoms with E-state index in [1.165, 1.54) is 17.4 Å². The molecule has 0 aliphatic heterocycles. The summed E-state index contributed by atoms with van der Waals surface area (Å²) in [4.78, 5) is 17.2. The Kier molecular flexibility index (Phi) is 5.07. The monoisotopic (exact) mass is 306 g/mol. The second-order valence-corrected chi connectivity index (χ2v) is 6.48. The van der Waals surface area contributed by atoms with Gasteiger partial charge in [-0.1, -0.05) is 32.0 Å². The summed E-state index contributed by atoms with van der Waals surface area (Å²) >= 11 is 1.42. The van der Waals surface area contributed by atoms with Crippen LogP contribution < -0.4 is 5.32 Å². The number of carbonyl (C=O) groups excluding carboxylic acids is 1. The van der Waals surface area contributed by atoms with Crippen molar-refractivity contribution in [1.82, 2.24) is 10.3 Å². The number of nitrogens with one attached hydrogen (secondary N) is 1. The van der Waals surface area contributed by atoms with Gasteiger partial charge in [-0.25, -0.2) is 9.37 Å². The van der Waals surface area contributed by atoms with Crippen molar-refractivity contribution in [2.45, 2.75) is 33.7 Å². The maximum Gasteiger partial charge on any atom is 0.263 e. The number of hydrogen-bond acceptors (Lipinski definition) is 3. The van der Waals surface area contributed by atoms with Gasteiger partial charge in [0.1, 0.15) is 10.7 Å². The van der Waals surface area contributed by atoms with E-state index >= 15 is 0 Å². The number of carbonyl (C=O) groups is 1. The summed E-state index contributed by atoms with van der Waals surface area (Å²) in [6.45, 7) is 6.25. The predicted molar refractivity (Wildman–Crippen MR) is 83.0 cm³/mol. The highest BCUT2D eigenvalue weighted by molar-refractivity contribution is 7.13. The van der Waals surface area contributed by atoms with Crippen molar-refractivity contribution in [2.75, 3.05) is 0 Å². The molecule has 0 saturated carbocycles. The van der Waals surface area contributed by atoms with Crippen LogP contribution in [0.2, 0.25) is 0 Å². The smallest absolute Gasteiger partial charge is 0.263 e. The van der Waals surface area contributed by atoms with Crippen LogP contribution in [0.4, 0.5) is 4.39 Å². The van der Waals surface area contributed by atoms with E-state index in [0.29, 0.717) is 16.4 Å². The molecule has 112 valence electrons. The Hall–Kier alpha value is -1.75. The summed E-state index contributed by atoms with van der Waals surface area (Å²) in [6.07, 6.45) is 0.867. The van der Waals surface area contributed by atoms with Gasteiger partial charge in [-0.3, -0.25) is 4.79 Å². The van der Waals surface area contributed by atoms with Gasteiger partial charge in [-0.05, 0) is 18.9 Å². The summed E-state index contributed by atoms with van der Waals surface area (Å²) in [6, 6.07) is 6.44. The van der Waals surface area contributed by atoms with Gasteiger partial charge in [-0.2, -0.15) is 0 Å². The standard InChI is InChI=1S/C16H19FN2OS/c1-10(2)8-14-19-11(3)15(21-14)16(20)18-9-12-6-4-5-7-13(12)17/h4-7,10H,8-9H2,1-3H3,(H,18,20). The lowest BCUT2D eigenvalue weighted by atomic mass is 10.1. The summed E-state index contributed by atoms with van der Waals surface area (Å²) in [5, 5.41) is 3.73. The molecule has 1 N–H and O–H groups in total. The maximum atomic E-state index is 13.5. The van der Waals surface area contributed by atoms with Gasteiger partial charge < -0.3 is 5.32 Å². The van der Waals surface area contributed by atoms with E-state index in [9.17, 15) is 9.18 Å². The fourth-order valence-electron chi connectivity index (χ4n) is 2.00. The first-order valence-corrected chi connectivity index (χ1v) is 7.77. The molecule has 3 nitrogen and oxygen atoms in total. The van der Waals surface area contributed by atoms with E-state index < -0.39 is 0 Å². The molecule has 0 radical (unpaired) electrons. The molecule has 1 amide bonds. The van der Waals surface area contributed by atoms with Gasteiger partial charge in [0, 0.05) is 18.5 Å². The highest BCUT2D eigenvalue weighted by Gasteiger charge is 2.16. The number of amides is 1. The predicted octanol–water partition coefficient (Wildman–Crippen LogP) is 3.72. The van der Waals surface area contributed by atoms with Gasteiger partial charge in [-0.15, -0.1) is 11.3 Å². The Labute approximate surface area is 128 Å². The average molecular weight is 306 g/mol. The van der Waals surface area contributed by atoms with Crippen molar-refractivity contribution in [3.05, 3.63) is 51.2 Å². The second kappa shape index (κ2) is 6.80. The summed E-state index contributed by atoms with van der Waals surface area (Å²) in [5.41, 5.74) is 1.22. The molecule has 0 spiro atoms. The Bertz CT molecular complexity index is 637. The molecule has 0 saturated heterocycles. The third kappa shape index (κ3) is 4.11. The van der Waals surface area contributed by atoms with Crippen molar-refractivity contribution in [1.29, 1.82) is 0 Å². The Morgan fingerprint density at radius 3 is 2.76 bits per heavy atom. The molecule has 0 aliphatic carbocycles. The van der Waals surface area contributed by atoms with Crippen LogP contribution in [0.1, 0.15) is 39.8 Å². The molecule has 0 bridgehead atoms. The molecule has 2 rings (SSSR count). The third-order valence-corrected chi connectivity index (χ3v) is 4.21. The van der Waals surface area contributed by atoms with Crippen molar-refractivity contribution < 1.29 is 9.18 Å². The van der Waals surface area contributed by atoms with Crippen LogP contribution in [0.15, 0.2) is 24.3 Å². The van der Waals surface area contributed by atoms with E-state index in [1.54, 1.807) is 18.2 Å². The zero-order chi connectivity index (χ0) is 15.4. The van der Waals surface area contributed by atoms with Gasteiger partial charge in [0.2, 0.25) is 0 Å². The average Bonchev–Trinajstić information content (AvgIpc) is 2.77. The number of aryl methyl sites for hydroxylation is 1. The minimum absolute atomic E-state index is 0.183. The van der Waals surface area contributed by atoms with E-state index in [4.69, 9.17) is 0 Å². The lowest BCUT2D eigenvalue weighted by Gasteiger charge is -2.05. The van der Waals surface area contributed by atoms with Crippen LogP contribution in [0.5, 0.6) is 0 Å². The van der Waals surface area contributed by atoms with Crippen LogP contribution in [0.3, 0.4) is 0 Å². The first-order valence-electron chi connectivity index (χ1n) is 6.95. The highest BCUT2D eigenvalue weighted by atomic mass is 32.1. The zero-order valence-corrected chi connectivity index (χ0v) is 13.3. The zero-order valence-electron chi connectivity index (χ0n) is 12.4. The number of benzene rings is 1. The van der Waals surface area contributed by atoms with Gasteiger partial charge in [0.25, 0.3) is 5.91 Å². The van der Waals surface area contributed by atoms with Crippen molar-refractivity contribution in [3.8, 4) is 0 Å². The third-order valence-electron chi connectivity index (χ3n) is 3.03.